The van der Waals surface area contributed by atoms with Crippen LogP contribution in [0.1, 0.15) is 0 Å². The number of nitrogens with one attached hydrogen (secondary N) is 1. The number of hydrogen-bond donors (Lipinski definition) is 2. The molecule has 0 saturated carbocycles. The molecule has 106 valence electrons. The summed E-state index contributed by atoms with van der Waals surface area (Å²) in [6.07, 6.45) is 2.06. The Bertz CT molecular complexity index is 781. The van der Waals surface area contributed by atoms with E-state index in [1.54, 1.807) is 23.5 Å². The summed E-state index contributed by atoms with van der Waals surface area (Å²) in [4.78, 5) is 4.60. The average molecular weight is 408 g/mol. The van der Waals surface area contributed by atoms with Crippen molar-refractivity contribution in [2.24, 2.45) is 0 Å². The molecule has 0 aliphatic rings. The first-order valence-corrected chi connectivity index (χ1v) is 8.51. The molecule has 0 spiro atoms. The highest BCUT2D eigenvalue weighted by Crippen LogP contribution is 2.32. The number of thiazole rings is 1. The first kappa shape index (κ1) is 14.3. The van der Waals surface area contributed by atoms with Crippen LogP contribution in [0.25, 0.3) is 20.8 Å². The van der Waals surface area contributed by atoms with Gasteiger partial charge in [-0.3, -0.25) is 0 Å². The minimum atomic E-state index is 0.278. The molecule has 2 aromatic carbocycles. The highest BCUT2D eigenvalue weighted by molar-refractivity contribution is 14.1. The van der Waals surface area contributed by atoms with Crippen molar-refractivity contribution in [3.63, 3.8) is 0 Å². The van der Waals surface area contributed by atoms with E-state index in [4.69, 9.17) is 0 Å². The van der Waals surface area contributed by atoms with Crippen molar-refractivity contribution in [1.82, 2.24) is 4.98 Å². The van der Waals surface area contributed by atoms with Crippen LogP contribution in [0, 0.1) is 0 Å². The molecule has 0 aliphatic carbocycles. The maximum Gasteiger partial charge on any atom is 0.124 e. The molecule has 1 aromatic heterocycles. The van der Waals surface area contributed by atoms with Gasteiger partial charge < -0.3 is 10.4 Å². The Morgan fingerprint density at radius 3 is 2.76 bits per heavy atom. The quantitative estimate of drug-likeness (QED) is 0.596. The second kappa shape index (κ2) is 6.44. The van der Waals surface area contributed by atoms with E-state index in [9.17, 15) is 5.11 Å². The Hall–Kier alpha value is -1.60. The maximum absolute atomic E-state index is 9.51. The normalized spacial score (nSPS) is 11.3. The number of anilines is 1. The van der Waals surface area contributed by atoms with Gasteiger partial charge in [0, 0.05) is 17.8 Å². The molecule has 0 radical (unpaired) electrons. The summed E-state index contributed by atoms with van der Waals surface area (Å²) >= 11 is 3.79. The van der Waals surface area contributed by atoms with E-state index in [1.165, 1.54) is 0 Å². The van der Waals surface area contributed by atoms with Crippen molar-refractivity contribution in [3.8, 4) is 16.3 Å². The zero-order valence-corrected chi connectivity index (χ0v) is 14.1. The lowest BCUT2D eigenvalue weighted by atomic mass is 10.2. The summed E-state index contributed by atoms with van der Waals surface area (Å²) in [5.74, 6) is 0.278. The standard InChI is InChI=1S/C16H13IN2OS/c17-8-1-9-18-12-4-2-11(3-5-12)16-19-14-7-6-13(20)10-15(14)21-16/h1-8,10,18,20H,9H2. The largest absolute Gasteiger partial charge is 0.508 e. The Balaban J connectivity index is 1.84. The molecule has 0 bridgehead atoms. The fourth-order valence-electron chi connectivity index (χ4n) is 1.99. The first-order valence-electron chi connectivity index (χ1n) is 6.45. The van der Waals surface area contributed by atoms with E-state index in [0.29, 0.717) is 0 Å². The molecule has 0 aliphatic heterocycles. The summed E-state index contributed by atoms with van der Waals surface area (Å²) in [5.41, 5.74) is 3.10. The molecule has 5 heteroatoms. The Morgan fingerprint density at radius 1 is 1.19 bits per heavy atom. The van der Waals surface area contributed by atoms with Crippen LogP contribution in [0.4, 0.5) is 5.69 Å². The van der Waals surface area contributed by atoms with E-state index in [-0.39, 0.29) is 5.75 Å². The van der Waals surface area contributed by atoms with Gasteiger partial charge in [-0.2, -0.15) is 0 Å². The van der Waals surface area contributed by atoms with Crippen molar-refractivity contribution >= 4 is 49.8 Å². The Kier molecular flexibility index (Phi) is 4.40. The third-order valence-electron chi connectivity index (χ3n) is 3.02. The molecule has 0 saturated heterocycles. The van der Waals surface area contributed by atoms with Gasteiger partial charge >= 0.3 is 0 Å². The predicted molar refractivity (Wildman–Crippen MR) is 98.4 cm³/mol. The van der Waals surface area contributed by atoms with E-state index >= 15 is 0 Å². The van der Waals surface area contributed by atoms with Gasteiger partial charge in [0.15, 0.2) is 0 Å². The van der Waals surface area contributed by atoms with E-state index in [0.717, 1.165) is 33.0 Å². The minimum Gasteiger partial charge on any atom is -0.508 e. The zero-order valence-electron chi connectivity index (χ0n) is 11.1. The van der Waals surface area contributed by atoms with E-state index in [1.807, 2.05) is 10.1 Å². The second-order valence-electron chi connectivity index (χ2n) is 4.49. The lowest BCUT2D eigenvalue weighted by Crippen LogP contribution is -1.97. The van der Waals surface area contributed by atoms with Gasteiger partial charge in [0.25, 0.3) is 0 Å². The third kappa shape index (κ3) is 3.36. The lowest BCUT2D eigenvalue weighted by molar-refractivity contribution is 0.476. The van der Waals surface area contributed by atoms with Gasteiger partial charge in [0.1, 0.15) is 10.8 Å². The molecule has 1 heterocycles. The second-order valence-corrected chi connectivity index (χ2v) is 6.24. The van der Waals surface area contributed by atoms with Crippen LogP contribution in [0.2, 0.25) is 0 Å². The van der Waals surface area contributed by atoms with Gasteiger partial charge in [0.2, 0.25) is 0 Å². The minimum absolute atomic E-state index is 0.278. The molecular weight excluding hydrogens is 395 g/mol. The zero-order chi connectivity index (χ0) is 14.7. The van der Waals surface area contributed by atoms with Crippen molar-refractivity contribution in [3.05, 3.63) is 52.6 Å². The lowest BCUT2D eigenvalue weighted by Gasteiger charge is -2.03. The highest BCUT2D eigenvalue weighted by atomic mass is 127. The summed E-state index contributed by atoms with van der Waals surface area (Å²) in [7, 11) is 0. The number of rotatable bonds is 4. The SMILES string of the molecule is Oc1ccc2nc(-c3ccc(NCC=CI)cc3)sc2c1. The Morgan fingerprint density at radius 2 is 2.00 bits per heavy atom. The number of nitrogens with zero attached hydrogens (tertiary/aromatic N) is 1. The fourth-order valence-corrected chi connectivity index (χ4v) is 3.25. The average Bonchev–Trinajstić information content (AvgIpc) is 2.91. The number of aromatic hydroxyl groups is 1. The van der Waals surface area contributed by atoms with Crippen molar-refractivity contribution < 1.29 is 5.11 Å². The summed E-state index contributed by atoms with van der Waals surface area (Å²) < 4.78 is 3.00. The topological polar surface area (TPSA) is 45.2 Å². The number of phenolic OH excluding ortho intramolecular Hbond substituents is 1. The number of benzene rings is 2. The van der Waals surface area contributed by atoms with Gasteiger partial charge in [0.05, 0.1) is 10.2 Å². The number of halogens is 1. The van der Waals surface area contributed by atoms with Crippen LogP contribution in [-0.2, 0) is 0 Å². The van der Waals surface area contributed by atoms with Crippen molar-refractivity contribution in [2.75, 3.05) is 11.9 Å². The fraction of sp³-hybridized carbons (Fsp3) is 0.0625. The summed E-state index contributed by atoms with van der Waals surface area (Å²) in [5, 5.41) is 13.8. The molecule has 0 fully saturated rings. The van der Waals surface area contributed by atoms with Gasteiger partial charge in [-0.1, -0.05) is 28.7 Å². The van der Waals surface area contributed by atoms with Gasteiger partial charge in [-0.05, 0) is 46.5 Å². The van der Waals surface area contributed by atoms with Crippen LogP contribution in [0.15, 0.2) is 52.6 Å². The Labute approximate surface area is 140 Å². The third-order valence-corrected chi connectivity index (χ3v) is 4.59. The molecule has 2 N–H and O–H groups in total. The summed E-state index contributed by atoms with van der Waals surface area (Å²) in [6, 6.07) is 13.5. The highest BCUT2D eigenvalue weighted by Gasteiger charge is 2.06. The van der Waals surface area contributed by atoms with Crippen LogP contribution < -0.4 is 5.32 Å². The van der Waals surface area contributed by atoms with Crippen molar-refractivity contribution in [1.29, 1.82) is 0 Å². The van der Waals surface area contributed by atoms with Gasteiger partial charge in [-0.25, -0.2) is 4.98 Å². The molecule has 0 amide bonds. The molecule has 0 atom stereocenters. The number of hydrogen-bond acceptors (Lipinski definition) is 4. The molecule has 21 heavy (non-hydrogen) atoms. The molecule has 3 rings (SSSR count). The molecule has 0 unspecified atom stereocenters. The van der Waals surface area contributed by atoms with E-state index in [2.05, 4.69) is 63.2 Å². The maximum atomic E-state index is 9.51. The van der Waals surface area contributed by atoms with Crippen LogP contribution in [-0.4, -0.2) is 16.6 Å². The van der Waals surface area contributed by atoms with Crippen LogP contribution in [0.3, 0.4) is 0 Å². The predicted octanol–water partition coefficient (Wildman–Crippen LogP) is 5.03. The van der Waals surface area contributed by atoms with Crippen LogP contribution in [0.5, 0.6) is 5.75 Å². The number of aromatic nitrogens is 1. The first-order chi connectivity index (χ1) is 10.3. The molecule has 3 nitrogen and oxygen atoms in total. The monoisotopic (exact) mass is 408 g/mol. The van der Waals surface area contributed by atoms with Crippen molar-refractivity contribution in [2.45, 2.75) is 0 Å². The smallest absolute Gasteiger partial charge is 0.124 e. The van der Waals surface area contributed by atoms with E-state index < -0.39 is 0 Å². The number of phenols is 1. The summed E-state index contributed by atoms with van der Waals surface area (Å²) in [6.45, 7) is 0.822. The van der Waals surface area contributed by atoms with Crippen LogP contribution >= 0.6 is 33.9 Å². The number of fused-ring (bicyclic) bond motifs is 1. The molecular formula is C16H13IN2OS. The van der Waals surface area contributed by atoms with Gasteiger partial charge in [-0.15, -0.1) is 11.3 Å². The molecule has 3 aromatic rings.